The molecule has 6 nitrogen and oxygen atoms in total. The van der Waals surface area contributed by atoms with Crippen molar-refractivity contribution < 1.29 is 18.0 Å². The van der Waals surface area contributed by atoms with Crippen molar-refractivity contribution in [2.75, 3.05) is 13.1 Å². The second-order valence-electron chi connectivity index (χ2n) is 6.08. The van der Waals surface area contributed by atoms with Crippen LogP contribution in [-0.4, -0.2) is 33.3 Å². The van der Waals surface area contributed by atoms with Crippen LogP contribution in [0.4, 0.5) is 0 Å². The molecule has 2 rings (SSSR count). The van der Waals surface area contributed by atoms with Gasteiger partial charge in [0.1, 0.15) is 5.25 Å². The Bertz CT molecular complexity index is 852. The molecule has 0 aliphatic rings. The largest absolute Gasteiger partial charge is 0.348 e. The van der Waals surface area contributed by atoms with Crippen LogP contribution < -0.4 is 10.6 Å². The standard InChI is InChI=1S/C20H24N2O4S/c1-2-3-14-21-19(23)20(24)22-15-18(16-10-6-4-7-11-16)27(25,26)17-12-8-5-9-13-17/h4-13,18H,2-3,14-15H2,1H3,(H,21,23)(H,22,24)/t18-/m0/s1. The summed E-state index contributed by atoms with van der Waals surface area (Å²) in [5.74, 6) is -1.59. The van der Waals surface area contributed by atoms with Gasteiger partial charge in [0.15, 0.2) is 9.84 Å². The van der Waals surface area contributed by atoms with Crippen LogP contribution in [0.15, 0.2) is 65.6 Å². The molecular weight excluding hydrogens is 364 g/mol. The minimum absolute atomic E-state index is 0.167. The third-order valence-electron chi connectivity index (χ3n) is 4.09. The van der Waals surface area contributed by atoms with E-state index < -0.39 is 26.9 Å². The second kappa shape index (κ2) is 9.87. The van der Waals surface area contributed by atoms with Gasteiger partial charge in [-0.15, -0.1) is 0 Å². The maximum atomic E-state index is 13.1. The molecule has 0 heterocycles. The summed E-state index contributed by atoms with van der Waals surface area (Å²) in [4.78, 5) is 24.0. The highest BCUT2D eigenvalue weighted by Crippen LogP contribution is 2.28. The van der Waals surface area contributed by atoms with Crippen LogP contribution in [0.1, 0.15) is 30.6 Å². The van der Waals surface area contributed by atoms with Crippen LogP contribution >= 0.6 is 0 Å². The van der Waals surface area contributed by atoms with E-state index in [0.717, 1.165) is 12.8 Å². The number of hydrogen-bond acceptors (Lipinski definition) is 4. The fraction of sp³-hybridized carbons (Fsp3) is 0.300. The SMILES string of the molecule is CCCCNC(=O)C(=O)NC[C@@H](c1ccccc1)S(=O)(=O)c1ccccc1. The van der Waals surface area contributed by atoms with Crippen LogP contribution in [0.3, 0.4) is 0 Å². The van der Waals surface area contributed by atoms with E-state index in [1.165, 1.54) is 12.1 Å². The quantitative estimate of drug-likeness (QED) is 0.536. The van der Waals surface area contributed by atoms with E-state index in [0.29, 0.717) is 12.1 Å². The van der Waals surface area contributed by atoms with Gasteiger partial charge in [0, 0.05) is 13.1 Å². The molecule has 0 saturated heterocycles. The average Bonchev–Trinajstić information content (AvgIpc) is 2.69. The average molecular weight is 388 g/mol. The van der Waals surface area contributed by atoms with Gasteiger partial charge in [-0.25, -0.2) is 8.42 Å². The highest BCUT2D eigenvalue weighted by molar-refractivity contribution is 7.91. The van der Waals surface area contributed by atoms with Crippen LogP contribution in [0.5, 0.6) is 0 Å². The molecule has 2 aromatic carbocycles. The molecule has 0 radical (unpaired) electrons. The summed E-state index contributed by atoms with van der Waals surface area (Å²) in [6.07, 6.45) is 1.67. The minimum Gasteiger partial charge on any atom is -0.348 e. The Labute approximate surface area is 159 Å². The number of benzene rings is 2. The predicted molar refractivity (Wildman–Crippen MR) is 104 cm³/mol. The third-order valence-corrected chi connectivity index (χ3v) is 6.20. The van der Waals surface area contributed by atoms with Crippen LogP contribution in [0, 0.1) is 0 Å². The number of carbonyl (C=O) groups is 2. The maximum absolute atomic E-state index is 13.1. The first-order chi connectivity index (χ1) is 13.0. The number of nitrogens with one attached hydrogen (secondary N) is 2. The summed E-state index contributed by atoms with van der Waals surface area (Å²) in [6.45, 7) is 2.19. The zero-order valence-electron chi connectivity index (χ0n) is 15.2. The van der Waals surface area contributed by atoms with Gasteiger partial charge in [-0.1, -0.05) is 61.9 Å². The van der Waals surface area contributed by atoms with E-state index in [9.17, 15) is 18.0 Å². The molecule has 2 amide bonds. The van der Waals surface area contributed by atoms with E-state index in [1.807, 2.05) is 6.92 Å². The van der Waals surface area contributed by atoms with Crippen molar-refractivity contribution in [3.63, 3.8) is 0 Å². The number of sulfone groups is 1. The Morgan fingerprint density at radius 2 is 1.44 bits per heavy atom. The molecule has 144 valence electrons. The van der Waals surface area contributed by atoms with Crippen molar-refractivity contribution in [3.8, 4) is 0 Å². The van der Waals surface area contributed by atoms with E-state index in [4.69, 9.17) is 0 Å². The molecular formula is C20H24N2O4S. The maximum Gasteiger partial charge on any atom is 0.309 e. The predicted octanol–water partition coefficient (Wildman–Crippen LogP) is 2.23. The number of hydrogen-bond donors (Lipinski definition) is 2. The number of rotatable bonds is 8. The summed E-state index contributed by atoms with van der Waals surface area (Å²) in [5, 5.41) is 3.98. The monoisotopic (exact) mass is 388 g/mol. The number of unbranched alkanes of at least 4 members (excludes halogenated alkanes) is 1. The summed E-state index contributed by atoms with van der Waals surface area (Å²) in [6, 6.07) is 16.7. The molecule has 0 spiro atoms. The summed E-state index contributed by atoms with van der Waals surface area (Å²) >= 11 is 0. The third kappa shape index (κ3) is 5.65. The smallest absolute Gasteiger partial charge is 0.309 e. The lowest BCUT2D eigenvalue weighted by atomic mass is 10.1. The Morgan fingerprint density at radius 3 is 2.04 bits per heavy atom. The molecule has 1 atom stereocenters. The summed E-state index contributed by atoms with van der Waals surface area (Å²) < 4.78 is 26.1. The topological polar surface area (TPSA) is 92.3 Å². The first kappa shape index (κ1) is 20.6. The molecule has 7 heteroatoms. The summed E-state index contributed by atoms with van der Waals surface area (Å²) in [7, 11) is -3.74. The van der Waals surface area contributed by atoms with E-state index in [2.05, 4.69) is 10.6 Å². The molecule has 0 unspecified atom stereocenters. The Kier molecular flexibility index (Phi) is 7.55. The lowest BCUT2D eigenvalue weighted by Crippen LogP contribution is -2.42. The van der Waals surface area contributed by atoms with Gasteiger partial charge >= 0.3 is 11.8 Å². The van der Waals surface area contributed by atoms with Gasteiger partial charge in [0.05, 0.1) is 4.90 Å². The molecule has 0 aliphatic carbocycles. The second-order valence-corrected chi connectivity index (χ2v) is 8.21. The molecule has 2 aromatic rings. The molecule has 0 aromatic heterocycles. The molecule has 2 N–H and O–H groups in total. The Balaban J connectivity index is 2.18. The normalized spacial score (nSPS) is 12.2. The van der Waals surface area contributed by atoms with Gasteiger partial charge in [0.25, 0.3) is 0 Å². The molecule has 0 fully saturated rings. The van der Waals surface area contributed by atoms with Crippen LogP contribution in [0.25, 0.3) is 0 Å². The van der Waals surface area contributed by atoms with Gasteiger partial charge in [-0.05, 0) is 24.1 Å². The van der Waals surface area contributed by atoms with Crippen molar-refractivity contribution in [1.82, 2.24) is 10.6 Å². The number of carbonyl (C=O) groups excluding carboxylic acids is 2. The highest BCUT2D eigenvalue weighted by Gasteiger charge is 2.30. The Hall–Kier alpha value is -2.67. The zero-order valence-corrected chi connectivity index (χ0v) is 16.0. The fourth-order valence-corrected chi connectivity index (χ4v) is 4.26. The molecule has 0 aliphatic heterocycles. The lowest BCUT2D eigenvalue weighted by Gasteiger charge is -2.19. The van der Waals surface area contributed by atoms with Crippen molar-refractivity contribution in [2.24, 2.45) is 0 Å². The lowest BCUT2D eigenvalue weighted by molar-refractivity contribution is -0.139. The Morgan fingerprint density at radius 1 is 0.889 bits per heavy atom. The van der Waals surface area contributed by atoms with Gasteiger partial charge in [0.2, 0.25) is 0 Å². The minimum atomic E-state index is -3.74. The first-order valence-corrected chi connectivity index (χ1v) is 10.4. The number of amides is 2. The van der Waals surface area contributed by atoms with Crippen molar-refractivity contribution in [3.05, 3.63) is 66.2 Å². The zero-order chi connectivity index (χ0) is 19.7. The van der Waals surface area contributed by atoms with E-state index in [-0.39, 0.29) is 11.4 Å². The van der Waals surface area contributed by atoms with Crippen molar-refractivity contribution >= 4 is 21.7 Å². The van der Waals surface area contributed by atoms with Crippen molar-refractivity contribution in [2.45, 2.75) is 29.9 Å². The molecule has 0 bridgehead atoms. The first-order valence-electron chi connectivity index (χ1n) is 8.86. The summed E-state index contributed by atoms with van der Waals surface area (Å²) in [5.41, 5.74) is 0.549. The molecule has 27 heavy (non-hydrogen) atoms. The van der Waals surface area contributed by atoms with Gasteiger partial charge in [-0.3, -0.25) is 9.59 Å². The van der Waals surface area contributed by atoms with Gasteiger partial charge in [-0.2, -0.15) is 0 Å². The van der Waals surface area contributed by atoms with E-state index in [1.54, 1.807) is 48.5 Å². The fourth-order valence-electron chi connectivity index (χ4n) is 2.57. The van der Waals surface area contributed by atoms with E-state index >= 15 is 0 Å². The van der Waals surface area contributed by atoms with Crippen molar-refractivity contribution in [1.29, 1.82) is 0 Å². The van der Waals surface area contributed by atoms with Crippen LogP contribution in [0.2, 0.25) is 0 Å². The highest BCUT2D eigenvalue weighted by atomic mass is 32.2. The van der Waals surface area contributed by atoms with Crippen LogP contribution in [-0.2, 0) is 19.4 Å². The molecule has 0 saturated carbocycles. The van der Waals surface area contributed by atoms with Gasteiger partial charge < -0.3 is 10.6 Å².